The molecule has 0 fully saturated rings. The van der Waals surface area contributed by atoms with Crippen LogP contribution < -0.4 is 5.32 Å². The van der Waals surface area contributed by atoms with Crippen molar-refractivity contribution in [3.63, 3.8) is 0 Å². The Balaban J connectivity index is 2.34. The van der Waals surface area contributed by atoms with Crippen molar-refractivity contribution in [1.29, 1.82) is 0 Å². The molecule has 1 aromatic heterocycles. The lowest BCUT2D eigenvalue weighted by atomic mass is 10.2. The maximum Gasteiger partial charge on any atom is 0.355 e. The summed E-state index contributed by atoms with van der Waals surface area (Å²) in [5.41, 5.74) is 1.41. The predicted molar refractivity (Wildman–Crippen MR) is 75.9 cm³/mol. The zero-order valence-electron chi connectivity index (χ0n) is 10.1. The van der Waals surface area contributed by atoms with Crippen molar-refractivity contribution < 1.29 is 14.3 Å². The molecule has 0 amide bonds. The highest BCUT2D eigenvalue weighted by molar-refractivity contribution is 9.10. The lowest BCUT2D eigenvalue weighted by Gasteiger charge is -2.07. The molecule has 0 bridgehead atoms. The van der Waals surface area contributed by atoms with Crippen LogP contribution in [-0.2, 0) is 0 Å². The summed E-state index contributed by atoms with van der Waals surface area (Å²) < 4.78 is 13.9. The molecule has 0 aliphatic rings. The Hall–Kier alpha value is -1.47. The largest absolute Gasteiger partial charge is 0.476 e. The fourth-order valence-corrected chi connectivity index (χ4v) is 2.82. The van der Waals surface area contributed by atoms with Crippen LogP contribution in [0.25, 0.3) is 0 Å². The number of benzene rings is 1. The number of aryl methyl sites for hydroxylation is 2. The number of carboxylic acid groups (broad SMARTS) is 1. The zero-order valence-corrected chi connectivity index (χ0v) is 12.5. The molecular formula is C12H10BrFN2O2S. The Kier molecular flexibility index (Phi) is 3.86. The van der Waals surface area contributed by atoms with Gasteiger partial charge in [0.15, 0.2) is 10.8 Å². The van der Waals surface area contributed by atoms with Gasteiger partial charge in [-0.15, -0.1) is 11.3 Å². The molecule has 100 valence electrons. The van der Waals surface area contributed by atoms with Crippen LogP contribution >= 0.6 is 27.3 Å². The molecule has 0 spiro atoms. The fraction of sp³-hybridized carbons (Fsp3) is 0.167. The maximum absolute atomic E-state index is 13.5. The molecule has 2 N–H and O–H groups in total. The molecule has 0 aliphatic heterocycles. The first-order valence-corrected chi connectivity index (χ1v) is 6.93. The fourth-order valence-electron chi connectivity index (χ4n) is 1.54. The van der Waals surface area contributed by atoms with Crippen LogP contribution in [0, 0.1) is 19.7 Å². The van der Waals surface area contributed by atoms with Gasteiger partial charge in [-0.05, 0) is 47.5 Å². The predicted octanol–water partition coefficient (Wildman–Crippen LogP) is 4.10. The smallest absolute Gasteiger partial charge is 0.355 e. The highest BCUT2D eigenvalue weighted by Gasteiger charge is 2.15. The standard InChI is InChI=1S/C12H10BrFN2O2S/c1-5-3-7(13)8(14)4-9(5)15-12-16-10(11(17)18)6(2)19-12/h3-4H,1-2H3,(H,15,16)(H,17,18). The number of aromatic carboxylic acids is 1. The van der Waals surface area contributed by atoms with Crippen molar-refractivity contribution in [2.24, 2.45) is 0 Å². The number of anilines is 2. The number of aromatic nitrogens is 1. The Bertz CT molecular complexity index is 657. The van der Waals surface area contributed by atoms with Crippen LogP contribution in [-0.4, -0.2) is 16.1 Å². The Morgan fingerprint density at radius 1 is 1.47 bits per heavy atom. The lowest BCUT2D eigenvalue weighted by Crippen LogP contribution is -1.99. The van der Waals surface area contributed by atoms with Crippen LogP contribution in [0.4, 0.5) is 15.2 Å². The number of rotatable bonds is 3. The number of nitrogens with one attached hydrogen (secondary N) is 1. The van der Waals surface area contributed by atoms with Gasteiger partial charge in [0.2, 0.25) is 0 Å². The van der Waals surface area contributed by atoms with Crippen LogP contribution in [0.1, 0.15) is 20.9 Å². The molecule has 19 heavy (non-hydrogen) atoms. The number of halogens is 2. The quantitative estimate of drug-likeness (QED) is 0.879. The first-order valence-electron chi connectivity index (χ1n) is 5.32. The van der Waals surface area contributed by atoms with E-state index in [1.807, 2.05) is 6.92 Å². The average molecular weight is 345 g/mol. The van der Waals surface area contributed by atoms with Gasteiger partial charge in [-0.1, -0.05) is 0 Å². The van der Waals surface area contributed by atoms with Crippen LogP contribution in [0.2, 0.25) is 0 Å². The van der Waals surface area contributed by atoms with E-state index in [0.717, 1.165) is 5.56 Å². The van der Waals surface area contributed by atoms with Gasteiger partial charge in [0.25, 0.3) is 0 Å². The molecule has 4 nitrogen and oxygen atoms in total. The lowest BCUT2D eigenvalue weighted by molar-refractivity contribution is 0.0690. The highest BCUT2D eigenvalue weighted by atomic mass is 79.9. The molecule has 0 saturated carbocycles. The maximum atomic E-state index is 13.5. The minimum atomic E-state index is -1.07. The molecule has 7 heteroatoms. The van der Waals surface area contributed by atoms with Gasteiger partial charge in [-0.2, -0.15) is 0 Å². The number of thiazole rings is 1. The SMILES string of the molecule is Cc1cc(Br)c(F)cc1Nc1nc(C(=O)O)c(C)s1. The highest BCUT2D eigenvalue weighted by Crippen LogP contribution is 2.29. The summed E-state index contributed by atoms with van der Waals surface area (Å²) in [7, 11) is 0. The molecule has 0 atom stereocenters. The molecule has 0 aliphatic carbocycles. The summed E-state index contributed by atoms with van der Waals surface area (Å²) in [5, 5.41) is 12.3. The molecule has 2 rings (SSSR count). The second-order valence-corrected chi connectivity index (χ2v) is 5.99. The van der Waals surface area contributed by atoms with Crippen LogP contribution in [0.3, 0.4) is 0 Å². The Morgan fingerprint density at radius 3 is 2.74 bits per heavy atom. The van der Waals surface area contributed by atoms with E-state index >= 15 is 0 Å². The molecular weight excluding hydrogens is 335 g/mol. The molecule has 2 aromatic rings. The van der Waals surface area contributed by atoms with Crippen molar-refractivity contribution >= 4 is 44.1 Å². The van der Waals surface area contributed by atoms with Crippen molar-refractivity contribution in [2.45, 2.75) is 13.8 Å². The second kappa shape index (κ2) is 5.26. The van der Waals surface area contributed by atoms with Crippen LogP contribution in [0.15, 0.2) is 16.6 Å². The summed E-state index contributed by atoms with van der Waals surface area (Å²) in [4.78, 5) is 15.5. The average Bonchev–Trinajstić information content (AvgIpc) is 2.67. The molecule has 0 unspecified atom stereocenters. The van der Waals surface area contributed by atoms with E-state index < -0.39 is 5.97 Å². The van der Waals surface area contributed by atoms with Gasteiger partial charge in [-0.25, -0.2) is 14.2 Å². The summed E-state index contributed by atoms with van der Waals surface area (Å²) in [5.74, 6) is -1.46. The first kappa shape index (κ1) is 14.0. The van der Waals surface area contributed by atoms with Gasteiger partial charge >= 0.3 is 5.97 Å². The van der Waals surface area contributed by atoms with Crippen molar-refractivity contribution in [3.05, 3.63) is 38.6 Å². The molecule has 1 heterocycles. The molecule has 1 aromatic carbocycles. The minimum Gasteiger partial charge on any atom is -0.476 e. The first-order chi connectivity index (χ1) is 8.88. The minimum absolute atomic E-state index is 0.0164. The van der Waals surface area contributed by atoms with Gasteiger partial charge in [0.05, 0.1) is 4.47 Å². The van der Waals surface area contributed by atoms with Crippen LogP contribution in [0.5, 0.6) is 0 Å². The third kappa shape index (κ3) is 2.93. The molecule has 0 radical (unpaired) electrons. The zero-order chi connectivity index (χ0) is 14.2. The van der Waals surface area contributed by atoms with Crippen molar-refractivity contribution in [2.75, 3.05) is 5.32 Å². The summed E-state index contributed by atoms with van der Waals surface area (Å²) in [6.07, 6.45) is 0. The summed E-state index contributed by atoms with van der Waals surface area (Å²) in [6.45, 7) is 3.51. The van der Waals surface area contributed by atoms with Crippen molar-refractivity contribution in [3.8, 4) is 0 Å². The second-order valence-electron chi connectivity index (χ2n) is 3.94. The Labute approximate surface area is 121 Å². The van der Waals surface area contributed by atoms with Gasteiger partial charge in [0.1, 0.15) is 5.82 Å². The summed E-state index contributed by atoms with van der Waals surface area (Å²) in [6, 6.07) is 2.99. The van der Waals surface area contributed by atoms with E-state index in [4.69, 9.17) is 5.11 Å². The van der Waals surface area contributed by atoms with Gasteiger partial charge < -0.3 is 10.4 Å². The van der Waals surface area contributed by atoms with Gasteiger partial charge in [-0.3, -0.25) is 0 Å². The monoisotopic (exact) mass is 344 g/mol. The van der Waals surface area contributed by atoms with Gasteiger partial charge in [0, 0.05) is 10.6 Å². The summed E-state index contributed by atoms with van der Waals surface area (Å²) >= 11 is 4.33. The number of carbonyl (C=O) groups is 1. The van der Waals surface area contributed by atoms with E-state index in [1.165, 1.54) is 17.4 Å². The van der Waals surface area contributed by atoms with E-state index in [-0.39, 0.29) is 11.5 Å². The number of carboxylic acids is 1. The third-order valence-corrected chi connectivity index (χ3v) is 4.00. The topological polar surface area (TPSA) is 62.2 Å². The normalized spacial score (nSPS) is 10.5. The third-order valence-electron chi connectivity index (χ3n) is 2.51. The van der Waals surface area contributed by atoms with Crippen molar-refractivity contribution in [1.82, 2.24) is 4.98 Å². The Morgan fingerprint density at radius 2 is 2.16 bits per heavy atom. The number of nitrogens with zero attached hydrogens (tertiary/aromatic N) is 1. The van der Waals surface area contributed by atoms with E-state index in [9.17, 15) is 9.18 Å². The number of hydrogen-bond donors (Lipinski definition) is 2. The van der Waals surface area contributed by atoms with E-state index in [1.54, 1.807) is 13.0 Å². The number of hydrogen-bond acceptors (Lipinski definition) is 4. The van der Waals surface area contributed by atoms with E-state index in [2.05, 4.69) is 26.2 Å². The molecule has 0 saturated heterocycles. The van der Waals surface area contributed by atoms with E-state index in [0.29, 0.717) is 20.2 Å².